The van der Waals surface area contributed by atoms with E-state index in [9.17, 15) is 4.79 Å². The Balaban J connectivity index is 3.36. The molecule has 3 nitrogen and oxygen atoms in total. The standard InChI is InChI=1S/C6H8O3/c7-5-3-1-2-4-6(8)9/h2-5,7H,1H2,(H,8,9). The number of aliphatic hydroxyl groups is 1. The number of rotatable bonds is 3. The van der Waals surface area contributed by atoms with Gasteiger partial charge in [-0.15, -0.1) is 0 Å². The monoisotopic (exact) mass is 128 g/mol. The Morgan fingerprint density at radius 3 is 2.56 bits per heavy atom. The molecule has 0 spiro atoms. The van der Waals surface area contributed by atoms with Gasteiger partial charge < -0.3 is 10.2 Å². The van der Waals surface area contributed by atoms with Crippen LogP contribution >= 0.6 is 0 Å². The zero-order chi connectivity index (χ0) is 7.11. The number of carboxylic acids is 1. The van der Waals surface area contributed by atoms with E-state index >= 15 is 0 Å². The maximum atomic E-state index is 9.79. The van der Waals surface area contributed by atoms with Crippen molar-refractivity contribution in [2.24, 2.45) is 0 Å². The molecule has 0 aromatic carbocycles. The third-order valence-electron chi connectivity index (χ3n) is 0.638. The molecule has 0 unspecified atom stereocenters. The maximum absolute atomic E-state index is 9.79. The Morgan fingerprint density at radius 1 is 1.44 bits per heavy atom. The third-order valence-corrected chi connectivity index (χ3v) is 0.638. The smallest absolute Gasteiger partial charge is 0.327 e. The lowest BCUT2D eigenvalue weighted by Crippen LogP contribution is -1.84. The van der Waals surface area contributed by atoms with Crippen LogP contribution in [0.2, 0.25) is 0 Å². The van der Waals surface area contributed by atoms with Gasteiger partial charge in [-0.3, -0.25) is 0 Å². The minimum absolute atomic E-state index is 0.447. The lowest BCUT2D eigenvalue weighted by atomic mass is 10.4. The number of carbonyl (C=O) groups is 1. The van der Waals surface area contributed by atoms with Gasteiger partial charge in [0.1, 0.15) is 0 Å². The van der Waals surface area contributed by atoms with Gasteiger partial charge in [0.15, 0.2) is 0 Å². The summed E-state index contributed by atoms with van der Waals surface area (Å²) in [5.41, 5.74) is 0. The molecule has 0 bridgehead atoms. The molecule has 0 aliphatic heterocycles. The first-order valence-corrected chi connectivity index (χ1v) is 2.46. The van der Waals surface area contributed by atoms with E-state index in [1.807, 2.05) is 0 Å². The van der Waals surface area contributed by atoms with E-state index in [-0.39, 0.29) is 0 Å². The SMILES string of the molecule is O=C(O)C=CCC=CO. The Bertz CT molecular complexity index is 135. The summed E-state index contributed by atoms with van der Waals surface area (Å²) in [6.07, 6.45) is 5.24. The molecular formula is C6H8O3. The average Bonchev–Trinajstić information content (AvgIpc) is 1.80. The van der Waals surface area contributed by atoms with E-state index in [2.05, 4.69) is 0 Å². The lowest BCUT2D eigenvalue weighted by Gasteiger charge is -1.77. The van der Waals surface area contributed by atoms with Crippen molar-refractivity contribution in [1.29, 1.82) is 0 Å². The highest BCUT2D eigenvalue weighted by atomic mass is 16.4. The summed E-state index contributed by atoms with van der Waals surface area (Å²) in [6, 6.07) is 0. The van der Waals surface area contributed by atoms with Crippen molar-refractivity contribution < 1.29 is 15.0 Å². The van der Waals surface area contributed by atoms with Crippen LogP contribution in [0.1, 0.15) is 6.42 Å². The highest BCUT2D eigenvalue weighted by Gasteiger charge is 1.80. The second-order valence-electron chi connectivity index (χ2n) is 1.36. The van der Waals surface area contributed by atoms with Gasteiger partial charge >= 0.3 is 5.97 Å². The molecule has 0 saturated heterocycles. The first-order chi connectivity index (χ1) is 4.27. The fourth-order valence-electron chi connectivity index (χ4n) is 0.308. The molecule has 0 heterocycles. The minimum Gasteiger partial charge on any atom is -0.516 e. The van der Waals surface area contributed by atoms with Crippen molar-refractivity contribution in [2.75, 3.05) is 0 Å². The Hall–Kier alpha value is -1.25. The van der Waals surface area contributed by atoms with Crippen LogP contribution in [0, 0.1) is 0 Å². The molecular weight excluding hydrogens is 120 g/mol. The predicted octanol–water partition coefficient (Wildman–Crippen LogP) is 1.09. The van der Waals surface area contributed by atoms with Gasteiger partial charge in [-0.1, -0.05) is 6.08 Å². The quantitative estimate of drug-likeness (QED) is 0.441. The Kier molecular flexibility index (Phi) is 4.22. The van der Waals surface area contributed by atoms with Crippen molar-refractivity contribution >= 4 is 5.97 Å². The molecule has 0 radical (unpaired) electrons. The van der Waals surface area contributed by atoms with E-state index in [1.165, 1.54) is 12.2 Å². The van der Waals surface area contributed by atoms with Crippen molar-refractivity contribution in [2.45, 2.75) is 6.42 Å². The van der Waals surface area contributed by atoms with Crippen LogP contribution in [0.3, 0.4) is 0 Å². The number of aliphatic hydroxyl groups excluding tert-OH is 1. The van der Waals surface area contributed by atoms with Gasteiger partial charge in [0.25, 0.3) is 0 Å². The largest absolute Gasteiger partial charge is 0.516 e. The molecule has 0 aromatic rings. The number of carboxylic acid groups (broad SMARTS) is 1. The fraction of sp³-hybridized carbons (Fsp3) is 0.167. The van der Waals surface area contributed by atoms with Crippen LogP contribution in [0.25, 0.3) is 0 Å². The van der Waals surface area contributed by atoms with Gasteiger partial charge in [0, 0.05) is 6.08 Å². The lowest BCUT2D eigenvalue weighted by molar-refractivity contribution is -0.131. The molecule has 2 N–H and O–H groups in total. The van der Waals surface area contributed by atoms with E-state index in [4.69, 9.17) is 10.2 Å². The van der Waals surface area contributed by atoms with Gasteiger partial charge in [0.2, 0.25) is 0 Å². The average molecular weight is 128 g/mol. The fourth-order valence-corrected chi connectivity index (χ4v) is 0.308. The van der Waals surface area contributed by atoms with Crippen LogP contribution < -0.4 is 0 Å². The van der Waals surface area contributed by atoms with E-state index in [0.717, 1.165) is 12.3 Å². The maximum Gasteiger partial charge on any atom is 0.327 e. The van der Waals surface area contributed by atoms with Crippen molar-refractivity contribution in [3.63, 3.8) is 0 Å². The van der Waals surface area contributed by atoms with Crippen molar-refractivity contribution in [3.05, 3.63) is 24.5 Å². The number of hydrogen-bond donors (Lipinski definition) is 2. The highest BCUT2D eigenvalue weighted by Crippen LogP contribution is 1.83. The molecule has 0 amide bonds. The van der Waals surface area contributed by atoms with Gasteiger partial charge in [-0.2, -0.15) is 0 Å². The summed E-state index contributed by atoms with van der Waals surface area (Å²) < 4.78 is 0. The predicted molar refractivity (Wildman–Crippen MR) is 33.2 cm³/mol. The first-order valence-electron chi connectivity index (χ1n) is 2.46. The second kappa shape index (κ2) is 4.90. The third kappa shape index (κ3) is 6.75. The molecule has 0 saturated carbocycles. The molecule has 0 fully saturated rings. The minimum atomic E-state index is -0.971. The van der Waals surface area contributed by atoms with E-state index in [0.29, 0.717) is 6.42 Å². The summed E-state index contributed by atoms with van der Waals surface area (Å²) in [5, 5.41) is 16.1. The molecule has 0 aromatic heterocycles. The number of allylic oxidation sites excluding steroid dienone is 2. The second-order valence-corrected chi connectivity index (χ2v) is 1.36. The van der Waals surface area contributed by atoms with Crippen LogP contribution in [0.15, 0.2) is 24.5 Å². The molecule has 0 aliphatic carbocycles. The van der Waals surface area contributed by atoms with Crippen LogP contribution in [0.4, 0.5) is 0 Å². The molecule has 3 heteroatoms. The number of aliphatic carboxylic acids is 1. The summed E-state index contributed by atoms with van der Waals surface area (Å²) in [6.45, 7) is 0. The zero-order valence-electron chi connectivity index (χ0n) is 4.82. The molecule has 0 rings (SSSR count). The topological polar surface area (TPSA) is 57.5 Å². The molecule has 50 valence electrons. The first kappa shape index (κ1) is 7.75. The van der Waals surface area contributed by atoms with Crippen LogP contribution in [-0.4, -0.2) is 16.2 Å². The van der Waals surface area contributed by atoms with E-state index < -0.39 is 5.97 Å². The highest BCUT2D eigenvalue weighted by molar-refractivity contribution is 5.79. The molecule has 0 atom stereocenters. The Labute approximate surface area is 52.9 Å². The molecule has 9 heavy (non-hydrogen) atoms. The van der Waals surface area contributed by atoms with Gasteiger partial charge in [-0.25, -0.2) is 4.79 Å². The zero-order valence-corrected chi connectivity index (χ0v) is 4.82. The summed E-state index contributed by atoms with van der Waals surface area (Å²) >= 11 is 0. The van der Waals surface area contributed by atoms with Crippen LogP contribution in [-0.2, 0) is 4.79 Å². The van der Waals surface area contributed by atoms with Gasteiger partial charge in [-0.05, 0) is 12.5 Å². The van der Waals surface area contributed by atoms with E-state index in [1.54, 1.807) is 0 Å². The van der Waals surface area contributed by atoms with Crippen molar-refractivity contribution in [3.8, 4) is 0 Å². The normalized spacial score (nSPS) is 11.1. The van der Waals surface area contributed by atoms with Gasteiger partial charge in [0.05, 0.1) is 6.26 Å². The van der Waals surface area contributed by atoms with Crippen molar-refractivity contribution in [1.82, 2.24) is 0 Å². The summed E-state index contributed by atoms with van der Waals surface area (Å²) in [4.78, 5) is 9.79. The summed E-state index contributed by atoms with van der Waals surface area (Å²) in [7, 11) is 0. The number of hydrogen-bond acceptors (Lipinski definition) is 2. The Morgan fingerprint density at radius 2 is 2.11 bits per heavy atom. The summed E-state index contributed by atoms with van der Waals surface area (Å²) in [5.74, 6) is -0.971. The van der Waals surface area contributed by atoms with Crippen LogP contribution in [0.5, 0.6) is 0 Å². The molecule has 0 aliphatic rings.